The molecule has 0 saturated carbocycles. The molecule has 1 N–H and O–H groups in total. The Balaban J connectivity index is 1.93. The highest BCUT2D eigenvalue weighted by atomic mass is 16.5. The molecule has 0 fully saturated rings. The Morgan fingerprint density at radius 3 is 2.04 bits per heavy atom. The molecule has 0 spiro atoms. The van der Waals surface area contributed by atoms with Crippen molar-refractivity contribution in [2.24, 2.45) is 0 Å². The Morgan fingerprint density at radius 2 is 1.48 bits per heavy atom. The molecule has 2 aromatic rings. The third kappa shape index (κ3) is 4.74. The van der Waals surface area contributed by atoms with Gasteiger partial charge in [0.05, 0.1) is 14.2 Å². The van der Waals surface area contributed by atoms with Gasteiger partial charge in [0.25, 0.3) is 5.91 Å². The van der Waals surface area contributed by atoms with Crippen molar-refractivity contribution in [1.82, 2.24) is 5.32 Å². The van der Waals surface area contributed by atoms with Gasteiger partial charge in [-0.3, -0.25) is 4.79 Å². The Bertz CT molecular complexity index is 662. The number of methoxy groups -OCH3 is 2. The zero-order valence-corrected chi connectivity index (χ0v) is 12.9. The monoisotopic (exact) mass is 315 g/mol. The summed E-state index contributed by atoms with van der Waals surface area (Å²) in [7, 11) is 3.00. The average Bonchev–Trinajstić information content (AvgIpc) is 2.60. The predicted molar refractivity (Wildman–Crippen MR) is 84.0 cm³/mol. The summed E-state index contributed by atoms with van der Waals surface area (Å²) in [6, 6.07) is 13.4. The van der Waals surface area contributed by atoms with Crippen molar-refractivity contribution in [3.63, 3.8) is 0 Å². The lowest BCUT2D eigenvalue weighted by Crippen LogP contribution is -2.31. The van der Waals surface area contributed by atoms with Gasteiger partial charge in [0.15, 0.2) is 0 Å². The van der Waals surface area contributed by atoms with Crippen LogP contribution in [-0.4, -0.2) is 32.6 Å². The fourth-order valence-corrected chi connectivity index (χ4v) is 1.85. The molecule has 0 atom stereocenters. The third-order valence-corrected chi connectivity index (χ3v) is 2.99. The number of nitrogens with one attached hydrogen (secondary N) is 1. The van der Waals surface area contributed by atoms with Crippen LogP contribution in [0.3, 0.4) is 0 Å². The van der Waals surface area contributed by atoms with Crippen LogP contribution < -0.4 is 19.5 Å². The van der Waals surface area contributed by atoms with Crippen molar-refractivity contribution in [3.05, 3.63) is 54.1 Å². The summed E-state index contributed by atoms with van der Waals surface area (Å²) in [5.74, 6) is 0.344. The molecule has 2 rings (SSSR count). The summed E-state index contributed by atoms with van der Waals surface area (Å²) in [6.45, 7) is -0.243. The minimum atomic E-state index is -0.593. The topological polar surface area (TPSA) is 73.9 Å². The van der Waals surface area contributed by atoms with Crippen LogP contribution in [-0.2, 0) is 4.79 Å². The van der Waals surface area contributed by atoms with Gasteiger partial charge >= 0.3 is 5.97 Å². The molecule has 6 nitrogen and oxygen atoms in total. The van der Waals surface area contributed by atoms with Gasteiger partial charge in [0.1, 0.15) is 23.8 Å². The first-order chi connectivity index (χ1) is 11.1. The summed E-state index contributed by atoms with van der Waals surface area (Å²) in [6.07, 6.45) is 0. The molecule has 0 bridgehead atoms. The van der Waals surface area contributed by atoms with Crippen molar-refractivity contribution in [2.75, 3.05) is 20.8 Å². The molecule has 0 aromatic heterocycles. The summed E-state index contributed by atoms with van der Waals surface area (Å²) in [4.78, 5) is 23.7. The van der Waals surface area contributed by atoms with E-state index < -0.39 is 5.97 Å². The number of benzene rings is 2. The van der Waals surface area contributed by atoms with Crippen LogP contribution in [0.2, 0.25) is 0 Å². The van der Waals surface area contributed by atoms with E-state index in [0.717, 1.165) is 0 Å². The largest absolute Gasteiger partial charge is 0.496 e. The Morgan fingerprint density at radius 1 is 0.913 bits per heavy atom. The van der Waals surface area contributed by atoms with E-state index in [1.54, 1.807) is 48.5 Å². The van der Waals surface area contributed by atoms with E-state index in [-0.39, 0.29) is 18.2 Å². The van der Waals surface area contributed by atoms with Crippen molar-refractivity contribution in [3.8, 4) is 17.2 Å². The van der Waals surface area contributed by atoms with Crippen LogP contribution >= 0.6 is 0 Å². The smallest absolute Gasteiger partial charge is 0.330 e. The normalized spacial score (nSPS) is 9.83. The highest BCUT2D eigenvalue weighted by Crippen LogP contribution is 2.27. The Hall–Kier alpha value is -3.02. The SMILES string of the molecule is COc1cc(OC)cc(OC(=O)CNC(=O)c2ccccc2)c1. The van der Waals surface area contributed by atoms with Crippen LogP contribution in [0.1, 0.15) is 10.4 Å². The number of esters is 1. The van der Waals surface area contributed by atoms with E-state index in [1.165, 1.54) is 14.2 Å². The van der Waals surface area contributed by atoms with Crippen molar-refractivity contribution in [1.29, 1.82) is 0 Å². The first kappa shape index (κ1) is 16.4. The summed E-state index contributed by atoms with van der Waals surface area (Å²) >= 11 is 0. The number of rotatable bonds is 6. The van der Waals surface area contributed by atoms with Gasteiger partial charge in [0.2, 0.25) is 0 Å². The van der Waals surface area contributed by atoms with Crippen LogP contribution in [0.5, 0.6) is 17.2 Å². The van der Waals surface area contributed by atoms with E-state index in [4.69, 9.17) is 14.2 Å². The average molecular weight is 315 g/mol. The first-order valence-corrected chi connectivity index (χ1v) is 6.89. The fraction of sp³-hybridized carbons (Fsp3) is 0.176. The highest BCUT2D eigenvalue weighted by Gasteiger charge is 2.11. The zero-order chi connectivity index (χ0) is 16.7. The number of hydrogen-bond donors (Lipinski definition) is 1. The van der Waals surface area contributed by atoms with Crippen molar-refractivity contribution >= 4 is 11.9 Å². The lowest BCUT2D eigenvalue weighted by atomic mass is 10.2. The number of carbonyl (C=O) groups excluding carboxylic acids is 2. The van der Waals surface area contributed by atoms with Crippen molar-refractivity contribution < 1.29 is 23.8 Å². The van der Waals surface area contributed by atoms with Gasteiger partial charge < -0.3 is 19.5 Å². The molecule has 0 heterocycles. The van der Waals surface area contributed by atoms with Gasteiger partial charge in [-0.1, -0.05) is 18.2 Å². The first-order valence-electron chi connectivity index (χ1n) is 6.89. The number of carbonyl (C=O) groups is 2. The molecule has 0 aliphatic carbocycles. The predicted octanol–water partition coefficient (Wildman–Crippen LogP) is 2.04. The molecule has 0 radical (unpaired) electrons. The minimum absolute atomic E-state index is 0.243. The maximum atomic E-state index is 11.8. The lowest BCUT2D eigenvalue weighted by molar-refractivity contribution is -0.133. The molecule has 23 heavy (non-hydrogen) atoms. The van der Waals surface area contributed by atoms with E-state index in [2.05, 4.69) is 5.32 Å². The summed E-state index contributed by atoms with van der Waals surface area (Å²) in [5, 5.41) is 2.50. The van der Waals surface area contributed by atoms with E-state index in [9.17, 15) is 9.59 Å². The van der Waals surface area contributed by atoms with Gasteiger partial charge in [-0.2, -0.15) is 0 Å². The second-order valence-electron chi connectivity index (χ2n) is 4.57. The van der Waals surface area contributed by atoms with Crippen LogP contribution in [0.4, 0.5) is 0 Å². The molecule has 6 heteroatoms. The standard InChI is InChI=1S/C17H17NO5/c1-21-13-8-14(22-2)10-15(9-13)23-16(19)11-18-17(20)12-6-4-3-5-7-12/h3-10H,11H2,1-2H3,(H,18,20). The zero-order valence-electron chi connectivity index (χ0n) is 12.9. The highest BCUT2D eigenvalue weighted by molar-refractivity contribution is 5.96. The second-order valence-corrected chi connectivity index (χ2v) is 4.57. The van der Waals surface area contributed by atoms with Crippen LogP contribution in [0.25, 0.3) is 0 Å². The van der Waals surface area contributed by atoms with E-state index >= 15 is 0 Å². The molecular weight excluding hydrogens is 298 g/mol. The molecule has 0 aliphatic heterocycles. The van der Waals surface area contributed by atoms with Crippen molar-refractivity contribution in [2.45, 2.75) is 0 Å². The second kappa shape index (κ2) is 7.84. The molecule has 0 saturated heterocycles. The minimum Gasteiger partial charge on any atom is -0.496 e. The maximum Gasteiger partial charge on any atom is 0.330 e. The Kier molecular flexibility index (Phi) is 5.57. The molecular formula is C17H17NO5. The molecule has 120 valence electrons. The molecule has 2 aromatic carbocycles. The quantitative estimate of drug-likeness (QED) is 0.652. The molecule has 1 amide bonds. The van der Waals surface area contributed by atoms with Gasteiger partial charge in [0, 0.05) is 23.8 Å². The maximum absolute atomic E-state index is 11.8. The van der Waals surface area contributed by atoms with Gasteiger partial charge in [-0.25, -0.2) is 4.79 Å². The number of amides is 1. The number of ether oxygens (including phenoxy) is 3. The van der Waals surface area contributed by atoms with Crippen LogP contribution in [0.15, 0.2) is 48.5 Å². The molecule has 0 aliphatic rings. The van der Waals surface area contributed by atoms with E-state index in [1.807, 2.05) is 0 Å². The lowest BCUT2D eigenvalue weighted by Gasteiger charge is -2.09. The summed E-state index contributed by atoms with van der Waals surface area (Å²) in [5.41, 5.74) is 0.475. The van der Waals surface area contributed by atoms with Gasteiger partial charge in [-0.15, -0.1) is 0 Å². The molecule has 0 unspecified atom stereocenters. The Labute approximate surface area is 134 Å². The van der Waals surface area contributed by atoms with E-state index in [0.29, 0.717) is 17.1 Å². The number of hydrogen-bond acceptors (Lipinski definition) is 5. The fourth-order valence-electron chi connectivity index (χ4n) is 1.85. The summed E-state index contributed by atoms with van der Waals surface area (Å²) < 4.78 is 15.4. The van der Waals surface area contributed by atoms with Gasteiger partial charge in [-0.05, 0) is 12.1 Å². The third-order valence-electron chi connectivity index (χ3n) is 2.99. The van der Waals surface area contributed by atoms with Crippen LogP contribution in [0, 0.1) is 0 Å².